The maximum absolute atomic E-state index is 4.08. The molecule has 0 spiro atoms. The first-order chi connectivity index (χ1) is 6.70. The molecule has 1 aromatic rings. The molecular weight excluding hydrogens is 174 g/mol. The molecule has 1 aromatic heterocycles. The molecule has 3 nitrogen and oxygen atoms in total. The minimum Gasteiger partial charge on any atom is -0.302 e. The summed E-state index contributed by atoms with van der Waals surface area (Å²) in [6.07, 6.45) is 5.18. The van der Waals surface area contributed by atoms with Gasteiger partial charge in [0.05, 0.1) is 6.17 Å². The lowest BCUT2D eigenvalue weighted by Gasteiger charge is -2.20. The molecule has 0 aliphatic carbocycles. The van der Waals surface area contributed by atoms with E-state index in [-0.39, 0.29) is 0 Å². The van der Waals surface area contributed by atoms with Crippen molar-refractivity contribution in [2.45, 2.75) is 19.5 Å². The lowest BCUT2D eigenvalue weighted by molar-refractivity contribution is 0.267. The molecule has 1 rings (SSSR count). The molecule has 0 aromatic carbocycles. The van der Waals surface area contributed by atoms with Gasteiger partial charge in [-0.3, -0.25) is 9.88 Å². The largest absolute Gasteiger partial charge is 0.302 e. The van der Waals surface area contributed by atoms with E-state index in [0.717, 1.165) is 13.0 Å². The maximum atomic E-state index is 4.08. The molecule has 0 amide bonds. The quantitative estimate of drug-likeness (QED) is 0.710. The zero-order valence-corrected chi connectivity index (χ0v) is 9.20. The van der Waals surface area contributed by atoms with Crippen LogP contribution >= 0.6 is 0 Å². The van der Waals surface area contributed by atoms with E-state index in [1.807, 2.05) is 12.3 Å². The average molecular weight is 193 g/mol. The summed E-state index contributed by atoms with van der Waals surface area (Å²) in [4.78, 5) is 6.24. The molecule has 0 saturated carbocycles. The summed E-state index contributed by atoms with van der Waals surface area (Å²) in [5.41, 5.74) is 1.28. The average Bonchev–Trinajstić information content (AvgIpc) is 2.19. The first-order valence-electron chi connectivity index (χ1n) is 4.99. The van der Waals surface area contributed by atoms with Gasteiger partial charge in [0.25, 0.3) is 0 Å². The van der Waals surface area contributed by atoms with Gasteiger partial charge in [-0.25, -0.2) is 0 Å². The highest BCUT2D eigenvalue weighted by Gasteiger charge is 2.01. The predicted molar refractivity (Wildman–Crippen MR) is 59.1 cm³/mol. The van der Waals surface area contributed by atoms with Crippen LogP contribution in [-0.2, 0) is 6.42 Å². The molecule has 1 atom stereocenters. The molecule has 3 heteroatoms. The van der Waals surface area contributed by atoms with Gasteiger partial charge < -0.3 is 5.32 Å². The zero-order valence-electron chi connectivity index (χ0n) is 9.20. The van der Waals surface area contributed by atoms with E-state index < -0.39 is 0 Å². The number of rotatable bonds is 5. The Labute approximate surface area is 86.2 Å². The molecule has 1 heterocycles. The van der Waals surface area contributed by atoms with Gasteiger partial charge in [0, 0.05) is 18.9 Å². The second-order valence-corrected chi connectivity index (χ2v) is 3.70. The Hall–Kier alpha value is -0.930. The summed E-state index contributed by atoms with van der Waals surface area (Å²) in [5.74, 6) is 0. The molecule has 1 unspecified atom stereocenters. The highest BCUT2D eigenvalue weighted by molar-refractivity contribution is 5.08. The number of hydrogen-bond acceptors (Lipinski definition) is 3. The lowest BCUT2D eigenvalue weighted by Crippen LogP contribution is -2.39. The zero-order chi connectivity index (χ0) is 10.4. The molecule has 0 saturated heterocycles. The van der Waals surface area contributed by atoms with Crippen molar-refractivity contribution in [2.24, 2.45) is 0 Å². The van der Waals surface area contributed by atoms with Crippen LogP contribution in [0, 0.1) is 0 Å². The van der Waals surface area contributed by atoms with E-state index in [4.69, 9.17) is 0 Å². The highest BCUT2D eigenvalue weighted by Crippen LogP contribution is 1.96. The predicted octanol–water partition coefficient (Wildman–Crippen LogP) is 1.12. The summed E-state index contributed by atoms with van der Waals surface area (Å²) in [6, 6.07) is 4.08. The number of aromatic nitrogens is 1. The fourth-order valence-electron chi connectivity index (χ4n) is 1.15. The Kier molecular flexibility index (Phi) is 4.56. The summed E-state index contributed by atoms with van der Waals surface area (Å²) in [6.45, 7) is 3.15. The summed E-state index contributed by atoms with van der Waals surface area (Å²) >= 11 is 0. The summed E-state index contributed by atoms with van der Waals surface area (Å²) in [7, 11) is 4.14. The lowest BCUT2D eigenvalue weighted by atomic mass is 10.2. The summed E-state index contributed by atoms with van der Waals surface area (Å²) < 4.78 is 0. The van der Waals surface area contributed by atoms with E-state index >= 15 is 0 Å². The van der Waals surface area contributed by atoms with Crippen molar-refractivity contribution >= 4 is 0 Å². The van der Waals surface area contributed by atoms with Crippen LogP contribution < -0.4 is 5.32 Å². The van der Waals surface area contributed by atoms with Gasteiger partial charge in [0.1, 0.15) is 0 Å². The van der Waals surface area contributed by atoms with Crippen LogP contribution in [0.4, 0.5) is 0 Å². The Balaban J connectivity index is 2.22. The maximum Gasteiger partial charge on any atom is 0.0562 e. The van der Waals surface area contributed by atoms with Crippen LogP contribution in [0.3, 0.4) is 0 Å². The van der Waals surface area contributed by atoms with Crippen molar-refractivity contribution in [3.05, 3.63) is 30.1 Å². The van der Waals surface area contributed by atoms with Crippen molar-refractivity contribution in [2.75, 3.05) is 20.6 Å². The number of pyridine rings is 1. The molecule has 0 fully saturated rings. The van der Waals surface area contributed by atoms with E-state index in [0.29, 0.717) is 6.17 Å². The molecule has 0 aliphatic rings. The van der Waals surface area contributed by atoms with Gasteiger partial charge >= 0.3 is 0 Å². The van der Waals surface area contributed by atoms with Gasteiger partial charge in [0.15, 0.2) is 0 Å². The third kappa shape index (κ3) is 3.85. The normalized spacial score (nSPS) is 13.1. The summed E-state index contributed by atoms with van der Waals surface area (Å²) in [5, 5.41) is 3.43. The highest BCUT2D eigenvalue weighted by atomic mass is 15.2. The third-order valence-electron chi connectivity index (χ3n) is 2.35. The monoisotopic (exact) mass is 193 g/mol. The minimum atomic E-state index is 0.423. The molecule has 0 aliphatic heterocycles. The van der Waals surface area contributed by atoms with E-state index in [9.17, 15) is 0 Å². The van der Waals surface area contributed by atoms with E-state index in [1.54, 1.807) is 6.20 Å². The van der Waals surface area contributed by atoms with Crippen molar-refractivity contribution in [3.63, 3.8) is 0 Å². The van der Waals surface area contributed by atoms with Crippen LogP contribution in [0.5, 0.6) is 0 Å². The molecule has 1 N–H and O–H groups in total. The number of nitrogens with one attached hydrogen (secondary N) is 1. The van der Waals surface area contributed by atoms with Gasteiger partial charge in [-0.1, -0.05) is 6.07 Å². The van der Waals surface area contributed by atoms with Crippen molar-refractivity contribution < 1.29 is 0 Å². The third-order valence-corrected chi connectivity index (χ3v) is 2.35. The van der Waals surface area contributed by atoms with Crippen LogP contribution in [-0.4, -0.2) is 36.7 Å². The molecule has 0 radical (unpaired) electrons. The standard InChI is InChI=1S/C11H19N3/c1-10(14(2)3)13-8-6-11-5-4-7-12-9-11/h4-5,7,9-10,13H,6,8H2,1-3H3. The molecular formula is C11H19N3. The van der Waals surface area contributed by atoms with Crippen LogP contribution in [0.15, 0.2) is 24.5 Å². The van der Waals surface area contributed by atoms with Gasteiger partial charge in [-0.05, 0) is 39.1 Å². The first-order valence-corrected chi connectivity index (χ1v) is 4.99. The van der Waals surface area contributed by atoms with Crippen LogP contribution in [0.1, 0.15) is 12.5 Å². The van der Waals surface area contributed by atoms with Gasteiger partial charge in [-0.15, -0.1) is 0 Å². The topological polar surface area (TPSA) is 28.2 Å². The Bertz CT molecular complexity index is 246. The van der Waals surface area contributed by atoms with Gasteiger partial charge in [0.2, 0.25) is 0 Å². The Morgan fingerprint density at radius 1 is 1.50 bits per heavy atom. The molecule has 78 valence electrons. The van der Waals surface area contributed by atoms with Crippen LogP contribution in [0.25, 0.3) is 0 Å². The van der Waals surface area contributed by atoms with Crippen LogP contribution in [0.2, 0.25) is 0 Å². The molecule has 0 bridgehead atoms. The van der Waals surface area contributed by atoms with Crippen molar-refractivity contribution in [1.82, 2.24) is 15.2 Å². The first kappa shape index (κ1) is 11.1. The number of hydrogen-bond donors (Lipinski definition) is 1. The second-order valence-electron chi connectivity index (χ2n) is 3.70. The van der Waals surface area contributed by atoms with E-state index in [2.05, 4.69) is 42.3 Å². The number of nitrogens with zero attached hydrogens (tertiary/aromatic N) is 2. The SMILES string of the molecule is CC(NCCc1cccnc1)N(C)C. The minimum absolute atomic E-state index is 0.423. The Morgan fingerprint density at radius 2 is 2.29 bits per heavy atom. The second kappa shape index (κ2) is 5.73. The molecule has 14 heavy (non-hydrogen) atoms. The fourth-order valence-corrected chi connectivity index (χ4v) is 1.15. The van der Waals surface area contributed by atoms with E-state index in [1.165, 1.54) is 5.56 Å². The fraction of sp³-hybridized carbons (Fsp3) is 0.545. The van der Waals surface area contributed by atoms with Crippen molar-refractivity contribution in [1.29, 1.82) is 0 Å². The smallest absolute Gasteiger partial charge is 0.0562 e. The van der Waals surface area contributed by atoms with Crippen molar-refractivity contribution in [3.8, 4) is 0 Å². The Morgan fingerprint density at radius 3 is 2.86 bits per heavy atom. The van der Waals surface area contributed by atoms with Gasteiger partial charge in [-0.2, -0.15) is 0 Å².